The quantitative estimate of drug-likeness (QED) is 0.306. The highest BCUT2D eigenvalue weighted by molar-refractivity contribution is 5.95. The fourth-order valence-electron chi connectivity index (χ4n) is 4.17. The fraction of sp³-hybridized carbons (Fsp3) is 0.207. The zero-order valence-corrected chi connectivity index (χ0v) is 21.2. The molecule has 1 saturated carbocycles. The molecule has 1 heterocycles. The first-order valence-corrected chi connectivity index (χ1v) is 12.1. The second kappa shape index (κ2) is 10.4. The van der Waals surface area contributed by atoms with Gasteiger partial charge in [0.15, 0.2) is 11.5 Å². The van der Waals surface area contributed by atoms with Crippen LogP contribution >= 0.6 is 0 Å². The van der Waals surface area contributed by atoms with E-state index >= 15 is 0 Å². The SMILES string of the molecule is COc1ccc(-c2nn(-c3cccc(F)c3)c(OC(C)=O)c2-c2ccc(NC(=O)C3CC3)cc2)cc1OC. The highest BCUT2D eigenvalue weighted by Gasteiger charge is 2.30. The maximum Gasteiger partial charge on any atom is 0.309 e. The summed E-state index contributed by atoms with van der Waals surface area (Å²) in [5, 5.41) is 7.68. The van der Waals surface area contributed by atoms with Crippen molar-refractivity contribution >= 4 is 17.6 Å². The van der Waals surface area contributed by atoms with Gasteiger partial charge in [0, 0.05) is 24.1 Å². The molecule has 1 aliphatic rings. The van der Waals surface area contributed by atoms with Crippen LogP contribution in [-0.2, 0) is 9.59 Å². The summed E-state index contributed by atoms with van der Waals surface area (Å²) in [5.74, 6) is 0.215. The number of carbonyl (C=O) groups is 2. The summed E-state index contributed by atoms with van der Waals surface area (Å²) in [6, 6.07) is 18.4. The highest BCUT2D eigenvalue weighted by Crippen LogP contribution is 2.43. The molecule has 194 valence electrons. The predicted octanol–water partition coefficient (Wildman–Crippen LogP) is 5.64. The lowest BCUT2D eigenvalue weighted by Crippen LogP contribution is -2.13. The number of hydrogen-bond donors (Lipinski definition) is 1. The summed E-state index contributed by atoms with van der Waals surface area (Å²) in [5.41, 5.74) is 3.36. The third-order valence-electron chi connectivity index (χ3n) is 6.18. The average Bonchev–Trinajstić information content (AvgIpc) is 3.70. The van der Waals surface area contributed by atoms with E-state index in [0.29, 0.717) is 45.3 Å². The van der Waals surface area contributed by atoms with Crippen molar-refractivity contribution in [2.75, 3.05) is 19.5 Å². The molecule has 9 heteroatoms. The number of methoxy groups -OCH3 is 2. The standard InChI is InChI=1S/C29H26FN3O5/c1-17(34)38-29-26(18-9-12-22(13-10-18)31-28(35)19-7-8-19)27(20-11-14-24(36-2)25(15-20)37-3)32-33(29)23-6-4-5-21(30)16-23/h4-6,9-16,19H,7-8H2,1-3H3,(H,31,35). The number of amides is 1. The van der Waals surface area contributed by atoms with Gasteiger partial charge in [-0.1, -0.05) is 18.2 Å². The predicted molar refractivity (Wildman–Crippen MR) is 140 cm³/mol. The topological polar surface area (TPSA) is 91.7 Å². The lowest BCUT2D eigenvalue weighted by Gasteiger charge is -2.11. The van der Waals surface area contributed by atoms with Crippen molar-refractivity contribution in [1.29, 1.82) is 0 Å². The Bertz CT molecular complexity index is 1510. The molecule has 8 nitrogen and oxygen atoms in total. The molecule has 0 saturated heterocycles. The van der Waals surface area contributed by atoms with Crippen LogP contribution in [0.2, 0.25) is 0 Å². The minimum absolute atomic E-state index is 0.00305. The van der Waals surface area contributed by atoms with Gasteiger partial charge in [-0.25, -0.2) is 4.39 Å². The normalized spacial score (nSPS) is 12.6. The largest absolute Gasteiger partial charge is 0.493 e. The molecular formula is C29H26FN3O5. The molecule has 0 atom stereocenters. The first-order valence-electron chi connectivity index (χ1n) is 12.1. The molecule has 0 radical (unpaired) electrons. The Morgan fingerprint density at radius 2 is 1.66 bits per heavy atom. The average molecular weight is 516 g/mol. The third-order valence-corrected chi connectivity index (χ3v) is 6.18. The minimum Gasteiger partial charge on any atom is -0.493 e. The van der Waals surface area contributed by atoms with Crippen molar-refractivity contribution in [3.63, 3.8) is 0 Å². The van der Waals surface area contributed by atoms with E-state index in [1.807, 2.05) is 18.2 Å². The van der Waals surface area contributed by atoms with Gasteiger partial charge in [-0.2, -0.15) is 9.78 Å². The first kappa shape index (κ1) is 25.0. The van der Waals surface area contributed by atoms with Crippen LogP contribution in [0.15, 0.2) is 66.7 Å². The molecule has 1 aromatic heterocycles. The lowest BCUT2D eigenvalue weighted by molar-refractivity contribution is -0.132. The van der Waals surface area contributed by atoms with Gasteiger partial charge < -0.3 is 19.5 Å². The van der Waals surface area contributed by atoms with Gasteiger partial charge in [0.1, 0.15) is 11.5 Å². The van der Waals surface area contributed by atoms with Crippen molar-refractivity contribution < 1.29 is 28.2 Å². The van der Waals surface area contributed by atoms with Crippen LogP contribution in [0, 0.1) is 11.7 Å². The Morgan fingerprint density at radius 1 is 0.947 bits per heavy atom. The molecule has 1 amide bonds. The molecule has 4 aromatic rings. The smallest absolute Gasteiger partial charge is 0.309 e. The van der Waals surface area contributed by atoms with Crippen LogP contribution in [0.4, 0.5) is 10.1 Å². The molecule has 3 aromatic carbocycles. The minimum atomic E-state index is -0.559. The summed E-state index contributed by atoms with van der Waals surface area (Å²) in [4.78, 5) is 24.4. The van der Waals surface area contributed by atoms with Gasteiger partial charge in [-0.3, -0.25) is 9.59 Å². The molecular weight excluding hydrogens is 489 g/mol. The maximum atomic E-state index is 14.2. The summed E-state index contributed by atoms with van der Waals surface area (Å²) >= 11 is 0. The van der Waals surface area contributed by atoms with E-state index in [2.05, 4.69) is 5.32 Å². The maximum absolute atomic E-state index is 14.2. The fourth-order valence-corrected chi connectivity index (χ4v) is 4.17. The van der Waals surface area contributed by atoms with Crippen LogP contribution in [0.5, 0.6) is 17.4 Å². The molecule has 0 aliphatic heterocycles. The van der Waals surface area contributed by atoms with E-state index < -0.39 is 11.8 Å². The number of rotatable bonds is 8. The molecule has 5 rings (SSSR count). The molecule has 0 unspecified atom stereocenters. The summed E-state index contributed by atoms with van der Waals surface area (Å²) < 4.78 is 32.1. The summed E-state index contributed by atoms with van der Waals surface area (Å²) in [7, 11) is 3.08. The van der Waals surface area contributed by atoms with E-state index in [-0.39, 0.29) is 17.7 Å². The highest BCUT2D eigenvalue weighted by atomic mass is 19.1. The van der Waals surface area contributed by atoms with Crippen LogP contribution in [0.1, 0.15) is 19.8 Å². The second-order valence-electron chi connectivity index (χ2n) is 8.92. The van der Waals surface area contributed by atoms with Crippen molar-refractivity contribution in [3.05, 3.63) is 72.5 Å². The van der Waals surface area contributed by atoms with Gasteiger partial charge >= 0.3 is 5.97 Å². The second-order valence-corrected chi connectivity index (χ2v) is 8.92. The zero-order valence-electron chi connectivity index (χ0n) is 21.2. The Balaban J connectivity index is 1.69. The molecule has 0 spiro atoms. The number of nitrogens with one attached hydrogen (secondary N) is 1. The van der Waals surface area contributed by atoms with Gasteiger partial charge in [0.25, 0.3) is 0 Å². The van der Waals surface area contributed by atoms with Crippen molar-refractivity contribution in [2.45, 2.75) is 19.8 Å². The van der Waals surface area contributed by atoms with E-state index in [9.17, 15) is 14.0 Å². The number of hydrogen-bond acceptors (Lipinski definition) is 6. The van der Waals surface area contributed by atoms with Gasteiger partial charge in [-0.05, 0) is 66.9 Å². The van der Waals surface area contributed by atoms with E-state index in [4.69, 9.17) is 19.3 Å². The number of anilines is 1. The number of benzene rings is 3. The molecule has 1 aliphatic carbocycles. The number of carbonyl (C=O) groups excluding carboxylic acids is 2. The Morgan fingerprint density at radius 3 is 2.29 bits per heavy atom. The lowest BCUT2D eigenvalue weighted by atomic mass is 10.0. The molecule has 1 N–H and O–H groups in total. The Hall–Kier alpha value is -4.66. The molecule has 38 heavy (non-hydrogen) atoms. The Labute approximate surface area is 219 Å². The van der Waals surface area contributed by atoms with Crippen molar-refractivity contribution in [1.82, 2.24) is 9.78 Å². The van der Waals surface area contributed by atoms with Crippen LogP contribution in [0.3, 0.4) is 0 Å². The molecule has 0 bridgehead atoms. The van der Waals surface area contributed by atoms with E-state index in [1.165, 1.54) is 30.8 Å². The van der Waals surface area contributed by atoms with Gasteiger partial charge in [0.05, 0.1) is 25.5 Å². The first-order chi connectivity index (χ1) is 18.4. The van der Waals surface area contributed by atoms with E-state index in [1.54, 1.807) is 43.5 Å². The summed E-state index contributed by atoms with van der Waals surface area (Å²) in [6.07, 6.45) is 1.81. The third kappa shape index (κ3) is 5.08. The van der Waals surface area contributed by atoms with Gasteiger partial charge in [0.2, 0.25) is 11.8 Å². The number of aromatic nitrogens is 2. The monoisotopic (exact) mass is 515 g/mol. The van der Waals surface area contributed by atoms with Crippen LogP contribution < -0.4 is 19.5 Å². The van der Waals surface area contributed by atoms with Crippen molar-refractivity contribution in [2.24, 2.45) is 5.92 Å². The van der Waals surface area contributed by atoms with Crippen molar-refractivity contribution in [3.8, 4) is 45.5 Å². The Kier molecular flexibility index (Phi) is 6.83. The van der Waals surface area contributed by atoms with Crippen LogP contribution in [-0.4, -0.2) is 35.9 Å². The van der Waals surface area contributed by atoms with Crippen LogP contribution in [0.25, 0.3) is 28.1 Å². The number of ether oxygens (including phenoxy) is 3. The number of nitrogens with zero attached hydrogens (tertiary/aromatic N) is 2. The van der Waals surface area contributed by atoms with Gasteiger partial charge in [-0.15, -0.1) is 0 Å². The molecule has 1 fully saturated rings. The summed E-state index contributed by atoms with van der Waals surface area (Å²) in [6.45, 7) is 1.29. The number of halogens is 1. The van der Waals surface area contributed by atoms with E-state index in [0.717, 1.165) is 12.8 Å². The number of esters is 1. The zero-order chi connectivity index (χ0) is 26.8.